The van der Waals surface area contributed by atoms with E-state index in [9.17, 15) is 0 Å². The number of hydrogen-bond donors (Lipinski definition) is 0. The first-order valence-corrected chi connectivity index (χ1v) is 8.88. The Balaban J connectivity index is 1.54. The Hall–Kier alpha value is -2.19. The van der Waals surface area contributed by atoms with E-state index in [4.69, 9.17) is 16.3 Å². The van der Waals surface area contributed by atoms with Crippen molar-refractivity contribution in [1.82, 2.24) is 4.57 Å². The second kappa shape index (κ2) is 6.74. The van der Waals surface area contributed by atoms with Gasteiger partial charge in [0.1, 0.15) is 11.5 Å². The molecule has 0 unspecified atom stereocenters. The molecule has 1 fully saturated rings. The van der Waals surface area contributed by atoms with Gasteiger partial charge in [0.2, 0.25) is 0 Å². The van der Waals surface area contributed by atoms with E-state index in [0.717, 1.165) is 27.6 Å². The van der Waals surface area contributed by atoms with Gasteiger partial charge >= 0.3 is 0 Å². The van der Waals surface area contributed by atoms with Gasteiger partial charge in [0.05, 0.1) is 5.02 Å². The van der Waals surface area contributed by atoms with Crippen LogP contribution in [-0.4, -0.2) is 4.57 Å². The Kier molecular flexibility index (Phi) is 4.31. The molecule has 0 aliphatic heterocycles. The van der Waals surface area contributed by atoms with Gasteiger partial charge in [-0.05, 0) is 42.7 Å². The number of ether oxygens (including phenoxy) is 1. The van der Waals surface area contributed by atoms with Gasteiger partial charge in [0.15, 0.2) is 0 Å². The number of nitrogens with zero attached hydrogens (tertiary/aromatic N) is 1. The predicted molar refractivity (Wildman–Crippen MR) is 98.9 cm³/mol. The summed E-state index contributed by atoms with van der Waals surface area (Å²) in [6, 6.07) is 18.5. The zero-order valence-corrected chi connectivity index (χ0v) is 14.2. The van der Waals surface area contributed by atoms with Gasteiger partial charge in [-0.3, -0.25) is 0 Å². The maximum atomic E-state index is 6.48. The lowest BCUT2D eigenvalue weighted by molar-refractivity contribution is 0.483. The van der Waals surface area contributed by atoms with E-state index in [-0.39, 0.29) is 0 Å². The van der Waals surface area contributed by atoms with Gasteiger partial charge in [-0.25, -0.2) is 0 Å². The number of rotatable bonds is 4. The van der Waals surface area contributed by atoms with Gasteiger partial charge in [-0.15, -0.1) is 0 Å². The molecule has 0 bridgehead atoms. The molecule has 1 aliphatic carbocycles. The van der Waals surface area contributed by atoms with E-state index < -0.39 is 0 Å². The largest absolute Gasteiger partial charge is 0.457 e. The zero-order valence-electron chi connectivity index (χ0n) is 13.5. The summed E-state index contributed by atoms with van der Waals surface area (Å²) in [6.07, 6.45) is 9.41. The van der Waals surface area contributed by atoms with Crippen LogP contribution in [0.1, 0.15) is 31.7 Å². The van der Waals surface area contributed by atoms with Crippen LogP contribution >= 0.6 is 11.6 Å². The molecule has 0 radical (unpaired) electrons. The smallest absolute Gasteiger partial charge is 0.127 e. The maximum Gasteiger partial charge on any atom is 0.127 e. The molecule has 2 nitrogen and oxygen atoms in total. The second-order valence-electron chi connectivity index (χ2n) is 6.34. The van der Waals surface area contributed by atoms with Crippen LogP contribution in [0.25, 0.3) is 11.1 Å². The van der Waals surface area contributed by atoms with Gasteiger partial charge in [-0.1, -0.05) is 54.8 Å². The lowest BCUT2D eigenvalue weighted by atomic mass is 10.1. The van der Waals surface area contributed by atoms with Crippen LogP contribution in [0.4, 0.5) is 0 Å². The molecular formula is C21H20ClNO. The third-order valence-electron chi connectivity index (χ3n) is 4.69. The molecule has 24 heavy (non-hydrogen) atoms. The molecule has 1 aromatic heterocycles. The van der Waals surface area contributed by atoms with Crippen molar-refractivity contribution < 1.29 is 4.74 Å². The fraction of sp³-hybridized carbons (Fsp3) is 0.238. The van der Waals surface area contributed by atoms with E-state index >= 15 is 0 Å². The van der Waals surface area contributed by atoms with Gasteiger partial charge in [0, 0.05) is 24.0 Å². The minimum absolute atomic E-state index is 0.608. The van der Waals surface area contributed by atoms with Gasteiger partial charge < -0.3 is 9.30 Å². The summed E-state index contributed by atoms with van der Waals surface area (Å²) in [7, 11) is 0. The normalized spacial score (nSPS) is 14.9. The average Bonchev–Trinajstić information content (AvgIpc) is 3.26. The summed E-state index contributed by atoms with van der Waals surface area (Å²) in [4.78, 5) is 0. The molecule has 1 saturated carbocycles. The molecule has 2 aromatic carbocycles. The van der Waals surface area contributed by atoms with E-state index in [1.54, 1.807) is 0 Å². The Morgan fingerprint density at radius 2 is 1.50 bits per heavy atom. The van der Waals surface area contributed by atoms with Crippen molar-refractivity contribution in [3.63, 3.8) is 0 Å². The molecule has 0 N–H and O–H groups in total. The number of benzene rings is 2. The van der Waals surface area contributed by atoms with Crippen molar-refractivity contribution in [1.29, 1.82) is 0 Å². The molecule has 3 heteroatoms. The standard InChI is InChI=1S/C21H20ClNO/c22-21-15-23(17-6-4-5-7-17)14-20(21)16-10-12-19(13-11-16)24-18-8-2-1-3-9-18/h1-3,8-15,17H,4-7H2. The summed E-state index contributed by atoms with van der Waals surface area (Å²) in [6.45, 7) is 0. The van der Waals surface area contributed by atoms with Crippen LogP contribution in [0.15, 0.2) is 67.0 Å². The summed E-state index contributed by atoms with van der Waals surface area (Å²) in [5.41, 5.74) is 2.21. The van der Waals surface area contributed by atoms with E-state index in [2.05, 4.69) is 29.1 Å². The summed E-state index contributed by atoms with van der Waals surface area (Å²) in [5, 5.41) is 0.818. The average molecular weight is 338 g/mol. The molecule has 0 atom stereocenters. The van der Waals surface area contributed by atoms with Crippen LogP contribution in [0, 0.1) is 0 Å². The first kappa shape index (κ1) is 15.3. The van der Waals surface area contributed by atoms with Crippen LogP contribution in [0.3, 0.4) is 0 Å². The monoisotopic (exact) mass is 337 g/mol. The van der Waals surface area contributed by atoms with Crippen molar-refractivity contribution in [3.05, 3.63) is 72.0 Å². The van der Waals surface area contributed by atoms with E-state index in [0.29, 0.717) is 6.04 Å². The van der Waals surface area contributed by atoms with Crippen LogP contribution in [0.5, 0.6) is 11.5 Å². The highest BCUT2D eigenvalue weighted by Crippen LogP contribution is 2.36. The molecule has 1 heterocycles. The fourth-order valence-electron chi connectivity index (χ4n) is 3.40. The molecule has 4 rings (SSSR count). The highest BCUT2D eigenvalue weighted by molar-refractivity contribution is 6.33. The Bertz CT molecular complexity index is 802. The Morgan fingerprint density at radius 3 is 2.21 bits per heavy atom. The van der Waals surface area contributed by atoms with Crippen molar-refractivity contribution in [3.8, 4) is 22.6 Å². The van der Waals surface area contributed by atoms with E-state index in [1.807, 2.05) is 42.5 Å². The number of halogens is 1. The van der Waals surface area contributed by atoms with Crippen LogP contribution in [-0.2, 0) is 0 Å². The maximum absolute atomic E-state index is 6.48. The van der Waals surface area contributed by atoms with Crippen LogP contribution < -0.4 is 4.74 Å². The van der Waals surface area contributed by atoms with Crippen molar-refractivity contribution in [2.45, 2.75) is 31.7 Å². The molecule has 0 spiro atoms. The number of aromatic nitrogens is 1. The zero-order chi connectivity index (χ0) is 16.4. The van der Waals surface area contributed by atoms with Gasteiger partial charge in [-0.2, -0.15) is 0 Å². The predicted octanol–water partition coefficient (Wildman–Crippen LogP) is 6.72. The van der Waals surface area contributed by atoms with E-state index in [1.165, 1.54) is 25.7 Å². The molecule has 1 aliphatic rings. The number of para-hydroxylation sites is 1. The third-order valence-corrected chi connectivity index (χ3v) is 4.99. The molecular weight excluding hydrogens is 318 g/mol. The van der Waals surface area contributed by atoms with Crippen LogP contribution in [0.2, 0.25) is 5.02 Å². The summed E-state index contributed by atoms with van der Waals surface area (Å²) in [5.74, 6) is 1.67. The topological polar surface area (TPSA) is 14.2 Å². The lowest BCUT2D eigenvalue weighted by Crippen LogP contribution is -2.00. The van der Waals surface area contributed by atoms with Gasteiger partial charge in [0.25, 0.3) is 0 Å². The Morgan fingerprint density at radius 1 is 0.833 bits per heavy atom. The summed E-state index contributed by atoms with van der Waals surface area (Å²) < 4.78 is 8.14. The van der Waals surface area contributed by atoms with Crippen molar-refractivity contribution in [2.75, 3.05) is 0 Å². The van der Waals surface area contributed by atoms with Crippen molar-refractivity contribution >= 4 is 11.6 Å². The minimum atomic E-state index is 0.608. The van der Waals surface area contributed by atoms with Crippen molar-refractivity contribution in [2.24, 2.45) is 0 Å². The first-order valence-electron chi connectivity index (χ1n) is 8.50. The lowest BCUT2D eigenvalue weighted by Gasteiger charge is -2.10. The second-order valence-corrected chi connectivity index (χ2v) is 6.75. The third kappa shape index (κ3) is 3.20. The molecule has 122 valence electrons. The molecule has 0 amide bonds. The summed E-state index contributed by atoms with van der Waals surface area (Å²) >= 11 is 6.48. The Labute approximate surface area is 147 Å². The highest BCUT2D eigenvalue weighted by atomic mass is 35.5. The number of hydrogen-bond acceptors (Lipinski definition) is 1. The quantitative estimate of drug-likeness (QED) is 0.515. The first-order chi connectivity index (χ1) is 11.8. The molecule has 3 aromatic rings. The molecule has 0 saturated heterocycles. The highest BCUT2D eigenvalue weighted by Gasteiger charge is 2.18. The fourth-order valence-corrected chi connectivity index (χ4v) is 3.67. The SMILES string of the molecule is Clc1cn(C2CCCC2)cc1-c1ccc(Oc2ccccc2)cc1. The minimum Gasteiger partial charge on any atom is -0.457 e.